The first kappa shape index (κ1) is 11.3. The molecular formula is C12H13ClN2O. The summed E-state index contributed by atoms with van der Waals surface area (Å²) in [6, 6.07) is 6.71. The highest BCUT2D eigenvalue weighted by molar-refractivity contribution is 6.32. The second-order valence-corrected chi connectivity index (χ2v) is 4.53. The van der Waals surface area contributed by atoms with Crippen molar-refractivity contribution < 1.29 is 5.11 Å². The minimum Gasteiger partial charge on any atom is -0.506 e. The van der Waals surface area contributed by atoms with Gasteiger partial charge in [0.1, 0.15) is 11.8 Å². The predicted octanol–water partition coefficient (Wildman–Crippen LogP) is 2.61. The minimum absolute atomic E-state index is 0.0456. The molecule has 0 bridgehead atoms. The normalized spacial score (nSPS) is 16.8. The maximum atomic E-state index is 9.29. The molecule has 1 fully saturated rings. The molecule has 0 radical (unpaired) electrons. The van der Waals surface area contributed by atoms with Crippen LogP contribution >= 0.6 is 11.6 Å². The summed E-state index contributed by atoms with van der Waals surface area (Å²) in [5.74, 6) is 0.771. The van der Waals surface area contributed by atoms with Crippen LogP contribution in [-0.2, 0) is 0 Å². The highest BCUT2D eigenvalue weighted by atomic mass is 35.5. The van der Waals surface area contributed by atoms with Crippen molar-refractivity contribution in [3.8, 4) is 11.8 Å². The van der Waals surface area contributed by atoms with Crippen molar-refractivity contribution in [3.05, 3.63) is 28.8 Å². The van der Waals surface area contributed by atoms with E-state index in [2.05, 4.69) is 11.4 Å². The number of rotatable bonds is 4. The number of halogens is 1. The van der Waals surface area contributed by atoms with Gasteiger partial charge >= 0.3 is 0 Å². The first-order valence-electron chi connectivity index (χ1n) is 5.32. The number of benzene rings is 1. The summed E-state index contributed by atoms with van der Waals surface area (Å²) >= 11 is 5.80. The van der Waals surface area contributed by atoms with Gasteiger partial charge in [-0.2, -0.15) is 5.26 Å². The van der Waals surface area contributed by atoms with E-state index in [0.717, 1.165) is 18.0 Å². The van der Waals surface area contributed by atoms with Gasteiger partial charge in [0.05, 0.1) is 11.1 Å². The standard InChI is InChI=1S/C12H13ClN2O/c13-10-5-9(3-4-12(10)16)11(6-14)15-7-8-1-2-8/h3-5,8,11,15-16H,1-2,7H2. The van der Waals surface area contributed by atoms with Gasteiger partial charge in [0.15, 0.2) is 0 Å². The highest BCUT2D eigenvalue weighted by Crippen LogP contribution is 2.30. The molecule has 0 aromatic heterocycles. The first-order valence-corrected chi connectivity index (χ1v) is 5.70. The van der Waals surface area contributed by atoms with Gasteiger partial charge in [0, 0.05) is 0 Å². The molecule has 0 spiro atoms. The molecule has 84 valence electrons. The molecule has 1 aromatic carbocycles. The zero-order valence-corrected chi connectivity index (χ0v) is 9.54. The molecule has 2 rings (SSSR count). The Morgan fingerprint density at radius 2 is 2.31 bits per heavy atom. The molecule has 0 aliphatic heterocycles. The molecule has 2 N–H and O–H groups in total. The van der Waals surface area contributed by atoms with Crippen molar-refractivity contribution in [2.75, 3.05) is 6.54 Å². The lowest BCUT2D eigenvalue weighted by Crippen LogP contribution is -2.22. The van der Waals surface area contributed by atoms with Crippen molar-refractivity contribution in [2.24, 2.45) is 5.92 Å². The van der Waals surface area contributed by atoms with Crippen molar-refractivity contribution in [1.29, 1.82) is 5.26 Å². The monoisotopic (exact) mass is 236 g/mol. The zero-order valence-electron chi connectivity index (χ0n) is 8.78. The lowest BCUT2D eigenvalue weighted by atomic mass is 10.1. The molecule has 0 saturated heterocycles. The van der Waals surface area contributed by atoms with E-state index in [1.54, 1.807) is 12.1 Å². The average molecular weight is 237 g/mol. The Labute approximate surface area is 99.7 Å². The third-order valence-corrected chi connectivity index (χ3v) is 3.04. The molecule has 1 unspecified atom stereocenters. The maximum absolute atomic E-state index is 9.29. The summed E-state index contributed by atoms with van der Waals surface area (Å²) < 4.78 is 0. The molecule has 4 heteroatoms. The van der Waals surface area contributed by atoms with Gasteiger partial charge < -0.3 is 5.11 Å². The maximum Gasteiger partial charge on any atom is 0.134 e. The summed E-state index contributed by atoms with van der Waals surface area (Å²) in [6.45, 7) is 0.872. The molecule has 1 aliphatic carbocycles. The Bertz CT molecular complexity index is 424. The second-order valence-electron chi connectivity index (χ2n) is 4.12. The number of phenols is 1. The van der Waals surface area contributed by atoms with Crippen LogP contribution in [0.4, 0.5) is 0 Å². The van der Waals surface area contributed by atoms with Gasteiger partial charge in [-0.3, -0.25) is 5.32 Å². The van der Waals surface area contributed by atoms with Gasteiger partial charge in [-0.15, -0.1) is 0 Å². The Balaban J connectivity index is 2.06. The number of nitriles is 1. The molecule has 0 amide bonds. The van der Waals surface area contributed by atoms with Crippen LogP contribution in [0.5, 0.6) is 5.75 Å². The topological polar surface area (TPSA) is 56.0 Å². The highest BCUT2D eigenvalue weighted by Gasteiger charge is 2.22. The van der Waals surface area contributed by atoms with E-state index in [-0.39, 0.29) is 16.8 Å². The van der Waals surface area contributed by atoms with E-state index >= 15 is 0 Å². The van der Waals surface area contributed by atoms with Crippen molar-refractivity contribution in [1.82, 2.24) is 5.32 Å². The number of nitrogens with one attached hydrogen (secondary N) is 1. The van der Waals surface area contributed by atoms with E-state index < -0.39 is 0 Å². The molecular weight excluding hydrogens is 224 g/mol. The van der Waals surface area contributed by atoms with E-state index in [1.165, 1.54) is 18.9 Å². The van der Waals surface area contributed by atoms with Crippen LogP contribution in [0.1, 0.15) is 24.4 Å². The van der Waals surface area contributed by atoms with Crippen LogP contribution in [0.15, 0.2) is 18.2 Å². The van der Waals surface area contributed by atoms with E-state index in [9.17, 15) is 5.11 Å². The third kappa shape index (κ3) is 2.66. The van der Waals surface area contributed by atoms with Gasteiger partial charge in [-0.05, 0) is 43.0 Å². The van der Waals surface area contributed by atoms with Crippen LogP contribution in [0.2, 0.25) is 5.02 Å². The van der Waals surface area contributed by atoms with Crippen molar-refractivity contribution >= 4 is 11.6 Å². The number of aromatic hydroxyl groups is 1. The Hall–Kier alpha value is -1.24. The molecule has 0 heterocycles. The summed E-state index contributed by atoms with van der Waals surface area (Å²) in [6.07, 6.45) is 2.50. The molecule has 1 saturated carbocycles. The van der Waals surface area contributed by atoms with Crippen molar-refractivity contribution in [2.45, 2.75) is 18.9 Å². The number of hydrogen-bond donors (Lipinski definition) is 2. The summed E-state index contributed by atoms with van der Waals surface area (Å²) in [7, 11) is 0. The van der Waals surface area contributed by atoms with E-state index in [0.29, 0.717) is 0 Å². The second kappa shape index (κ2) is 4.73. The molecule has 16 heavy (non-hydrogen) atoms. The molecule has 1 aliphatic rings. The van der Waals surface area contributed by atoms with Gasteiger partial charge in [-0.1, -0.05) is 17.7 Å². The largest absolute Gasteiger partial charge is 0.506 e. The van der Waals surface area contributed by atoms with E-state index in [4.69, 9.17) is 16.9 Å². The fraction of sp³-hybridized carbons (Fsp3) is 0.417. The Morgan fingerprint density at radius 3 is 2.88 bits per heavy atom. The Morgan fingerprint density at radius 1 is 1.56 bits per heavy atom. The Kier molecular flexibility index (Phi) is 3.33. The number of nitrogens with zero attached hydrogens (tertiary/aromatic N) is 1. The lowest BCUT2D eigenvalue weighted by molar-refractivity contribution is 0.475. The quantitative estimate of drug-likeness (QED) is 0.845. The zero-order chi connectivity index (χ0) is 11.5. The van der Waals surface area contributed by atoms with Crippen LogP contribution in [0.25, 0.3) is 0 Å². The minimum atomic E-state index is -0.348. The third-order valence-electron chi connectivity index (χ3n) is 2.74. The van der Waals surface area contributed by atoms with Gasteiger partial charge in [0.25, 0.3) is 0 Å². The fourth-order valence-corrected chi connectivity index (χ4v) is 1.74. The van der Waals surface area contributed by atoms with Crippen LogP contribution < -0.4 is 5.32 Å². The average Bonchev–Trinajstić information content (AvgIpc) is 3.08. The summed E-state index contributed by atoms with van der Waals surface area (Å²) in [5.41, 5.74) is 0.797. The van der Waals surface area contributed by atoms with Crippen LogP contribution in [0.3, 0.4) is 0 Å². The fourth-order valence-electron chi connectivity index (χ4n) is 1.55. The van der Waals surface area contributed by atoms with Crippen LogP contribution in [0, 0.1) is 17.2 Å². The predicted molar refractivity (Wildman–Crippen MR) is 62.2 cm³/mol. The smallest absolute Gasteiger partial charge is 0.134 e. The SMILES string of the molecule is N#CC(NCC1CC1)c1ccc(O)c(Cl)c1. The molecule has 1 atom stereocenters. The first-order chi connectivity index (χ1) is 7.70. The van der Waals surface area contributed by atoms with Crippen LogP contribution in [-0.4, -0.2) is 11.7 Å². The van der Waals surface area contributed by atoms with Gasteiger partial charge in [0.2, 0.25) is 0 Å². The number of hydrogen-bond acceptors (Lipinski definition) is 3. The lowest BCUT2D eigenvalue weighted by Gasteiger charge is -2.12. The summed E-state index contributed by atoms with van der Waals surface area (Å²) in [5, 5.41) is 21.8. The molecule has 1 aromatic rings. The summed E-state index contributed by atoms with van der Waals surface area (Å²) in [4.78, 5) is 0. The van der Waals surface area contributed by atoms with Crippen molar-refractivity contribution in [3.63, 3.8) is 0 Å². The molecule has 3 nitrogen and oxygen atoms in total. The van der Waals surface area contributed by atoms with Gasteiger partial charge in [-0.25, -0.2) is 0 Å². The van der Waals surface area contributed by atoms with E-state index in [1.807, 2.05) is 0 Å². The number of phenolic OH excluding ortho intramolecular Hbond substituents is 1.